The van der Waals surface area contributed by atoms with Gasteiger partial charge in [0.25, 0.3) is 5.91 Å². The van der Waals surface area contributed by atoms with Crippen LogP contribution in [0.5, 0.6) is 0 Å². The molecule has 8 nitrogen and oxygen atoms in total. The maximum atomic E-state index is 13.8. The second-order valence-corrected chi connectivity index (χ2v) is 9.56. The number of nitrogens with one attached hydrogen (secondary N) is 1. The topological polar surface area (TPSA) is 120 Å². The third-order valence-corrected chi connectivity index (χ3v) is 6.08. The van der Waals surface area contributed by atoms with Gasteiger partial charge in [-0.05, 0) is 12.8 Å². The molecule has 0 aromatic carbocycles. The van der Waals surface area contributed by atoms with Gasteiger partial charge in [-0.15, -0.1) is 5.10 Å². The predicted octanol–water partition coefficient (Wildman–Crippen LogP) is 3.98. The van der Waals surface area contributed by atoms with Gasteiger partial charge in [0, 0.05) is 24.3 Å². The van der Waals surface area contributed by atoms with Crippen LogP contribution in [0.15, 0.2) is 17.1 Å². The maximum Gasteiger partial charge on any atom is 0.270 e. The van der Waals surface area contributed by atoms with E-state index in [1.807, 2.05) is 20.8 Å². The van der Waals surface area contributed by atoms with Gasteiger partial charge < -0.3 is 10.7 Å². The quantitative estimate of drug-likeness (QED) is 0.607. The SMILES string of the molecule is CC(C)(C)c1nn(C2CCC(F)(F)CC2)c(-c2cc(=O)c3c(C(N)=O)nncc3[nH]2)c1Cl. The molecule has 3 aromatic rings. The van der Waals surface area contributed by atoms with E-state index < -0.39 is 22.7 Å². The first-order valence-electron chi connectivity index (χ1n) is 10.2. The van der Waals surface area contributed by atoms with Crippen LogP contribution in [-0.4, -0.2) is 36.8 Å². The van der Waals surface area contributed by atoms with Crippen molar-refractivity contribution < 1.29 is 13.6 Å². The highest BCUT2D eigenvalue weighted by Crippen LogP contribution is 2.43. The Hall–Kier alpha value is -2.88. The Morgan fingerprint density at radius 3 is 2.56 bits per heavy atom. The Labute approximate surface area is 187 Å². The first kappa shape index (κ1) is 22.3. The molecule has 1 aliphatic carbocycles. The second kappa shape index (κ2) is 7.61. The predicted molar refractivity (Wildman–Crippen MR) is 116 cm³/mol. The van der Waals surface area contributed by atoms with Crippen molar-refractivity contribution in [1.82, 2.24) is 25.0 Å². The van der Waals surface area contributed by atoms with Crippen molar-refractivity contribution in [3.8, 4) is 11.4 Å². The first-order valence-corrected chi connectivity index (χ1v) is 10.6. The lowest BCUT2D eigenvalue weighted by Gasteiger charge is -2.29. The highest BCUT2D eigenvalue weighted by Gasteiger charge is 2.38. The number of nitrogens with two attached hydrogens (primary N) is 1. The summed E-state index contributed by atoms with van der Waals surface area (Å²) >= 11 is 6.75. The monoisotopic (exact) mass is 464 g/mol. The van der Waals surface area contributed by atoms with E-state index in [1.54, 1.807) is 4.68 Å². The van der Waals surface area contributed by atoms with Gasteiger partial charge >= 0.3 is 0 Å². The molecule has 1 fully saturated rings. The summed E-state index contributed by atoms with van der Waals surface area (Å²) in [6.45, 7) is 5.84. The normalized spacial score (nSPS) is 17.1. The van der Waals surface area contributed by atoms with Crippen molar-refractivity contribution in [2.75, 3.05) is 0 Å². The number of halogens is 3. The van der Waals surface area contributed by atoms with E-state index in [1.165, 1.54) is 12.3 Å². The molecule has 3 heterocycles. The van der Waals surface area contributed by atoms with Gasteiger partial charge in [-0.25, -0.2) is 8.78 Å². The molecule has 0 saturated heterocycles. The number of carbonyl (C=O) groups is 1. The van der Waals surface area contributed by atoms with Gasteiger partial charge in [-0.2, -0.15) is 10.2 Å². The smallest absolute Gasteiger partial charge is 0.270 e. The van der Waals surface area contributed by atoms with Crippen LogP contribution < -0.4 is 11.2 Å². The fourth-order valence-electron chi connectivity index (χ4n) is 4.08. The number of primary amides is 1. The van der Waals surface area contributed by atoms with Crippen molar-refractivity contribution in [2.45, 2.75) is 63.8 Å². The summed E-state index contributed by atoms with van der Waals surface area (Å²) in [6, 6.07) is 0.994. The zero-order chi connectivity index (χ0) is 23.4. The van der Waals surface area contributed by atoms with Gasteiger partial charge in [0.1, 0.15) is 5.69 Å². The van der Waals surface area contributed by atoms with Gasteiger partial charge in [0.2, 0.25) is 5.92 Å². The summed E-state index contributed by atoms with van der Waals surface area (Å²) in [5.41, 5.74) is 5.81. The Balaban J connectivity index is 1.93. The first-order chi connectivity index (χ1) is 14.9. The maximum absolute atomic E-state index is 13.8. The lowest BCUT2D eigenvalue weighted by Crippen LogP contribution is -2.27. The number of H-pyrrole nitrogens is 1. The Morgan fingerprint density at radius 2 is 1.97 bits per heavy atom. The number of pyridine rings is 1. The van der Waals surface area contributed by atoms with Crippen LogP contribution >= 0.6 is 11.6 Å². The van der Waals surface area contributed by atoms with Crippen molar-refractivity contribution in [1.29, 1.82) is 0 Å². The fourth-order valence-corrected chi connectivity index (χ4v) is 4.59. The largest absolute Gasteiger partial charge is 0.364 e. The van der Waals surface area contributed by atoms with E-state index in [4.69, 9.17) is 22.4 Å². The third-order valence-electron chi connectivity index (χ3n) is 5.73. The van der Waals surface area contributed by atoms with Crippen molar-refractivity contribution >= 4 is 28.4 Å². The number of rotatable bonds is 3. The van der Waals surface area contributed by atoms with E-state index >= 15 is 0 Å². The van der Waals surface area contributed by atoms with Crippen molar-refractivity contribution in [3.05, 3.63) is 38.9 Å². The Kier molecular flexibility index (Phi) is 5.31. The molecule has 4 rings (SSSR count). The van der Waals surface area contributed by atoms with Crippen LogP contribution in [-0.2, 0) is 5.41 Å². The summed E-state index contributed by atoms with van der Waals surface area (Å²) in [4.78, 5) is 27.7. The van der Waals surface area contributed by atoms with E-state index in [9.17, 15) is 18.4 Å². The molecular weight excluding hydrogens is 442 g/mol. The van der Waals surface area contributed by atoms with E-state index in [0.717, 1.165) is 0 Å². The second-order valence-electron chi connectivity index (χ2n) is 9.19. The van der Waals surface area contributed by atoms with E-state index in [0.29, 0.717) is 22.1 Å². The van der Waals surface area contributed by atoms with Gasteiger partial charge in [0.05, 0.1) is 39.6 Å². The van der Waals surface area contributed by atoms with E-state index in [-0.39, 0.29) is 48.3 Å². The summed E-state index contributed by atoms with van der Waals surface area (Å²) in [6.07, 6.45) is 1.29. The number of aromatic amines is 1. The summed E-state index contributed by atoms with van der Waals surface area (Å²) in [5.74, 6) is -3.57. The number of fused-ring (bicyclic) bond motifs is 1. The Morgan fingerprint density at radius 1 is 1.31 bits per heavy atom. The molecule has 0 unspecified atom stereocenters. The molecule has 0 radical (unpaired) electrons. The summed E-state index contributed by atoms with van der Waals surface area (Å²) in [5, 5.41) is 12.5. The highest BCUT2D eigenvalue weighted by molar-refractivity contribution is 6.33. The summed E-state index contributed by atoms with van der Waals surface area (Å²) in [7, 11) is 0. The molecule has 0 spiro atoms. The molecule has 1 aliphatic rings. The molecule has 0 aliphatic heterocycles. The molecule has 32 heavy (non-hydrogen) atoms. The average Bonchev–Trinajstić information content (AvgIpc) is 3.04. The number of amides is 1. The zero-order valence-electron chi connectivity index (χ0n) is 17.9. The molecule has 3 N–H and O–H groups in total. The average molecular weight is 465 g/mol. The van der Waals surface area contributed by atoms with Crippen LogP contribution in [0.1, 0.15) is 68.7 Å². The Bertz CT molecular complexity index is 1270. The minimum atomic E-state index is -2.69. The number of alkyl halides is 2. The molecule has 0 bridgehead atoms. The van der Waals surface area contributed by atoms with Crippen LogP contribution in [0.3, 0.4) is 0 Å². The third kappa shape index (κ3) is 3.87. The van der Waals surface area contributed by atoms with Gasteiger partial charge in [-0.3, -0.25) is 14.3 Å². The number of hydrogen-bond acceptors (Lipinski definition) is 5. The fraction of sp³-hybridized carbons (Fsp3) is 0.476. The molecular formula is C21H23ClF2N6O2. The van der Waals surface area contributed by atoms with Crippen LogP contribution in [0.2, 0.25) is 5.02 Å². The van der Waals surface area contributed by atoms with Crippen molar-refractivity contribution in [3.63, 3.8) is 0 Å². The summed E-state index contributed by atoms with van der Waals surface area (Å²) < 4.78 is 29.2. The molecule has 3 aromatic heterocycles. The number of nitrogens with zero attached hydrogens (tertiary/aromatic N) is 4. The standard InChI is InChI=1S/C21H23ClF2N6O2/c1-20(2,3)18-15(22)17(30(29-18)10-4-6-21(23,24)7-5-10)11-8-13(31)14-12(27-11)9-26-28-16(14)19(25)32/h8-10H,4-7H2,1-3H3,(H2,25,32)(H,27,31). The molecule has 1 amide bonds. The minimum absolute atomic E-state index is 0.0202. The number of carbonyl (C=O) groups excluding carboxylic acids is 1. The zero-order valence-corrected chi connectivity index (χ0v) is 18.6. The molecule has 11 heteroatoms. The van der Waals surface area contributed by atoms with Gasteiger partial charge in [0.15, 0.2) is 11.1 Å². The lowest BCUT2D eigenvalue weighted by atomic mass is 9.91. The highest BCUT2D eigenvalue weighted by atomic mass is 35.5. The minimum Gasteiger partial charge on any atom is -0.364 e. The molecule has 0 atom stereocenters. The molecule has 1 saturated carbocycles. The molecule has 170 valence electrons. The van der Waals surface area contributed by atoms with Crippen molar-refractivity contribution in [2.24, 2.45) is 5.73 Å². The number of aromatic nitrogens is 5. The van der Waals surface area contributed by atoms with E-state index in [2.05, 4.69) is 15.2 Å². The lowest BCUT2D eigenvalue weighted by molar-refractivity contribution is -0.0448. The van der Waals surface area contributed by atoms with Crippen LogP contribution in [0, 0.1) is 0 Å². The number of hydrogen-bond donors (Lipinski definition) is 2. The van der Waals surface area contributed by atoms with Crippen LogP contribution in [0.4, 0.5) is 8.78 Å². The van der Waals surface area contributed by atoms with Crippen LogP contribution in [0.25, 0.3) is 22.3 Å². The van der Waals surface area contributed by atoms with Gasteiger partial charge in [-0.1, -0.05) is 32.4 Å².